The average molecular weight is 429 g/mol. The highest BCUT2D eigenvalue weighted by atomic mass is 16.7. The van der Waals surface area contributed by atoms with Gasteiger partial charge in [0.2, 0.25) is 5.95 Å². The summed E-state index contributed by atoms with van der Waals surface area (Å²) in [5, 5.41) is 1.21. The minimum Gasteiger partial charge on any atom is -0.493 e. The Kier molecular flexibility index (Phi) is 5.07. The number of anilines is 1. The van der Waals surface area contributed by atoms with E-state index in [-0.39, 0.29) is 17.8 Å². The second-order valence-electron chi connectivity index (χ2n) is 7.94. The Hall–Kier alpha value is -3.78. The molecule has 0 radical (unpaired) electrons. The summed E-state index contributed by atoms with van der Waals surface area (Å²) in [5.74, 6) is 1.02. The number of nitrogen functional groups attached to an aromatic ring is 1. The molecular formula is C24H23N5O3. The molecule has 0 saturated heterocycles. The number of hydrogen-bond acceptors (Lipinski definition) is 7. The number of carbonyl (C=O) groups is 1. The van der Waals surface area contributed by atoms with Crippen LogP contribution in [0.1, 0.15) is 21.5 Å². The molecule has 0 spiro atoms. The number of ether oxygens (including phenoxy) is 1. The Morgan fingerprint density at radius 3 is 2.88 bits per heavy atom. The number of fused-ring (bicyclic) bond motifs is 2. The molecule has 2 aliphatic heterocycles. The fraction of sp³-hybridized carbons (Fsp3) is 0.250. The maximum absolute atomic E-state index is 12.4. The average Bonchev–Trinajstić information content (AvgIpc) is 3.26. The third-order valence-electron chi connectivity index (χ3n) is 5.94. The molecule has 1 unspecified atom stereocenters. The minimum atomic E-state index is -0.194. The van der Waals surface area contributed by atoms with Gasteiger partial charge in [-0.25, -0.2) is 15.0 Å². The van der Waals surface area contributed by atoms with Crippen molar-refractivity contribution < 1.29 is 14.4 Å². The third kappa shape index (κ3) is 3.69. The van der Waals surface area contributed by atoms with Crippen LogP contribution in [0.2, 0.25) is 0 Å². The summed E-state index contributed by atoms with van der Waals surface area (Å²) in [6.07, 6.45) is 3.21. The molecular weight excluding hydrogens is 406 g/mol. The van der Waals surface area contributed by atoms with Crippen LogP contribution in [-0.2, 0) is 17.7 Å². The molecule has 32 heavy (non-hydrogen) atoms. The molecule has 2 aliphatic rings. The maximum Gasteiger partial charge on any atom is 0.277 e. The molecule has 1 atom stereocenters. The third-order valence-corrected chi connectivity index (χ3v) is 5.94. The van der Waals surface area contributed by atoms with Crippen LogP contribution in [0.5, 0.6) is 5.75 Å². The summed E-state index contributed by atoms with van der Waals surface area (Å²) >= 11 is 0. The van der Waals surface area contributed by atoms with Crippen LogP contribution in [-0.4, -0.2) is 47.4 Å². The van der Waals surface area contributed by atoms with Crippen molar-refractivity contribution >= 4 is 23.3 Å². The molecule has 1 amide bonds. The van der Waals surface area contributed by atoms with Crippen LogP contribution in [0, 0.1) is 5.92 Å². The highest BCUT2D eigenvalue weighted by Gasteiger charge is 2.29. The number of carbonyl (C=O) groups excluding carboxylic acids is 1. The van der Waals surface area contributed by atoms with Gasteiger partial charge in [-0.3, -0.25) is 14.6 Å². The van der Waals surface area contributed by atoms with Gasteiger partial charge in [-0.05, 0) is 47.9 Å². The molecule has 8 nitrogen and oxygen atoms in total. The van der Waals surface area contributed by atoms with Crippen molar-refractivity contribution in [1.29, 1.82) is 0 Å². The molecule has 0 bridgehead atoms. The standard InChI is InChI=1S/C24H23N5O3/c1-29(31-2)23(30)16-5-6-22-17(9-16)10-18(13-32-22)21-12-15-4-3-14(11-20(15)27-21)19-7-8-26-24(25)28-19/h3-9,11,18H,10,12-13H2,1-2H3,(H2,25,26,28). The van der Waals surface area contributed by atoms with E-state index in [0.29, 0.717) is 12.2 Å². The van der Waals surface area contributed by atoms with Crippen LogP contribution in [0.4, 0.5) is 11.6 Å². The largest absolute Gasteiger partial charge is 0.493 e. The second-order valence-corrected chi connectivity index (χ2v) is 7.94. The van der Waals surface area contributed by atoms with Gasteiger partial charge < -0.3 is 10.5 Å². The Morgan fingerprint density at radius 2 is 2.06 bits per heavy atom. The number of benzene rings is 2. The van der Waals surface area contributed by atoms with Crippen LogP contribution in [0.3, 0.4) is 0 Å². The lowest BCUT2D eigenvalue weighted by Crippen LogP contribution is -2.29. The molecule has 3 heterocycles. The van der Waals surface area contributed by atoms with Gasteiger partial charge in [-0.1, -0.05) is 12.1 Å². The number of aliphatic imine (C=N–C) groups is 1. The highest BCUT2D eigenvalue weighted by molar-refractivity contribution is 5.97. The Labute approximate surface area is 185 Å². The highest BCUT2D eigenvalue weighted by Crippen LogP contribution is 2.36. The van der Waals surface area contributed by atoms with Gasteiger partial charge in [0.15, 0.2) is 0 Å². The molecule has 8 heteroatoms. The summed E-state index contributed by atoms with van der Waals surface area (Å²) in [5.41, 5.74) is 12.3. The first-order valence-electron chi connectivity index (χ1n) is 10.4. The molecule has 1 aromatic heterocycles. The van der Waals surface area contributed by atoms with Gasteiger partial charge >= 0.3 is 0 Å². The smallest absolute Gasteiger partial charge is 0.277 e. The van der Waals surface area contributed by atoms with E-state index < -0.39 is 0 Å². The lowest BCUT2D eigenvalue weighted by Gasteiger charge is -2.26. The van der Waals surface area contributed by atoms with E-state index in [1.807, 2.05) is 30.3 Å². The molecule has 3 aromatic rings. The number of rotatable bonds is 4. The first-order valence-corrected chi connectivity index (χ1v) is 10.4. The normalized spacial score (nSPS) is 16.6. The van der Waals surface area contributed by atoms with Crippen LogP contribution in [0.15, 0.2) is 53.7 Å². The van der Waals surface area contributed by atoms with E-state index in [2.05, 4.69) is 16.0 Å². The Bertz CT molecular complexity index is 1240. The van der Waals surface area contributed by atoms with Gasteiger partial charge in [-0.2, -0.15) is 0 Å². The van der Waals surface area contributed by atoms with Crippen molar-refractivity contribution in [3.63, 3.8) is 0 Å². The quantitative estimate of drug-likeness (QED) is 0.639. The summed E-state index contributed by atoms with van der Waals surface area (Å²) in [6, 6.07) is 13.5. The first kappa shape index (κ1) is 20.1. The number of amides is 1. The van der Waals surface area contributed by atoms with E-state index >= 15 is 0 Å². The molecule has 5 rings (SSSR count). The van der Waals surface area contributed by atoms with E-state index in [1.54, 1.807) is 19.3 Å². The number of hydrogen-bond donors (Lipinski definition) is 1. The van der Waals surface area contributed by atoms with Crippen molar-refractivity contribution in [3.8, 4) is 17.0 Å². The zero-order valence-corrected chi connectivity index (χ0v) is 17.9. The van der Waals surface area contributed by atoms with Gasteiger partial charge in [0.05, 0.1) is 25.1 Å². The van der Waals surface area contributed by atoms with E-state index in [9.17, 15) is 4.79 Å². The molecule has 162 valence electrons. The lowest BCUT2D eigenvalue weighted by molar-refractivity contribution is -0.0757. The fourth-order valence-electron chi connectivity index (χ4n) is 4.14. The van der Waals surface area contributed by atoms with E-state index in [0.717, 1.165) is 46.8 Å². The van der Waals surface area contributed by atoms with Gasteiger partial charge in [0.1, 0.15) is 5.75 Å². The van der Waals surface area contributed by atoms with Crippen LogP contribution >= 0.6 is 0 Å². The van der Waals surface area contributed by atoms with Crippen molar-refractivity contribution in [1.82, 2.24) is 15.0 Å². The number of hydroxylamine groups is 2. The minimum absolute atomic E-state index is 0.151. The van der Waals surface area contributed by atoms with Gasteiger partial charge in [0, 0.05) is 42.4 Å². The summed E-state index contributed by atoms with van der Waals surface area (Å²) in [7, 11) is 3.06. The van der Waals surface area contributed by atoms with E-state index in [1.165, 1.54) is 17.7 Å². The fourth-order valence-corrected chi connectivity index (χ4v) is 4.14. The van der Waals surface area contributed by atoms with Gasteiger partial charge in [0.25, 0.3) is 5.91 Å². The maximum atomic E-state index is 12.4. The second kappa shape index (κ2) is 8.05. The predicted molar refractivity (Wildman–Crippen MR) is 121 cm³/mol. The van der Waals surface area contributed by atoms with Crippen LogP contribution in [0.25, 0.3) is 11.3 Å². The Morgan fingerprint density at radius 1 is 1.19 bits per heavy atom. The molecule has 0 aliphatic carbocycles. The SMILES string of the molecule is CON(C)C(=O)c1ccc2c(c1)CC(C1=Nc3cc(-c4ccnc(N)n4)ccc3C1)CO2. The summed E-state index contributed by atoms with van der Waals surface area (Å²) in [6.45, 7) is 0.570. The van der Waals surface area contributed by atoms with Crippen molar-refractivity contribution in [2.75, 3.05) is 26.5 Å². The molecule has 2 N–H and O–H groups in total. The molecule has 0 fully saturated rings. The van der Waals surface area contributed by atoms with Crippen molar-refractivity contribution in [2.24, 2.45) is 10.9 Å². The number of nitrogens with two attached hydrogens (primary N) is 1. The lowest BCUT2D eigenvalue weighted by atomic mass is 9.89. The zero-order valence-electron chi connectivity index (χ0n) is 17.9. The van der Waals surface area contributed by atoms with E-state index in [4.69, 9.17) is 20.3 Å². The number of aromatic nitrogens is 2. The van der Waals surface area contributed by atoms with Gasteiger partial charge in [-0.15, -0.1) is 0 Å². The topological polar surface area (TPSA) is 103 Å². The monoisotopic (exact) mass is 429 g/mol. The predicted octanol–water partition coefficient (Wildman–Crippen LogP) is 3.24. The van der Waals surface area contributed by atoms with Crippen molar-refractivity contribution in [3.05, 3.63) is 65.4 Å². The molecule has 2 aromatic carbocycles. The summed E-state index contributed by atoms with van der Waals surface area (Å²) < 4.78 is 6.01. The Balaban J connectivity index is 1.38. The van der Waals surface area contributed by atoms with Crippen molar-refractivity contribution in [2.45, 2.75) is 12.8 Å². The first-order chi connectivity index (χ1) is 15.5. The zero-order chi connectivity index (χ0) is 22.2. The molecule has 0 saturated carbocycles. The summed E-state index contributed by atoms with van der Waals surface area (Å²) in [4.78, 5) is 30.6. The number of nitrogens with zero attached hydrogens (tertiary/aromatic N) is 4. The van der Waals surface area contributed by atoms with Crippen LogP contribution < -0.4 is 10.5 Å².